The fraction of sp³-hybridized carbons (Fsp3) is 0.381. The van der Waals surface area contributed by atoms with Crippen molar-refractivity contribution in [2.45, 2.75) is 19.6 Å². The summed E-state index contributed by atoms with van der Waals surface area (Å²) in [5.74, 6) is 2.39. The van der Waals surface area contributed by atoms with Crippen LogP contribution in [0.25, 0.3) is 0 Å². The van der Waals surface area contributed by atoms with Crippen molar-refractivity contribution < 1.29 is 19.0 Å². The molecule has 27 heavy (non-hydrogen) atoms. The van der Waals surface area contributed by atoms with Gasteiger partial charge in [0.05, 0.1) is 0 Å². The standard InChI is InChI=1S/C21H24N2O4/c1-16(27-18-5-3-2-4-6-18)21(24)23-11-9-22(10-12-23)14-17-7-8-19-20(13-17)26-15-25-19/h2-8,13,16H,9-12,14-15H2,1H3/t16-/m1/s1. The highest BCUT2D eigenvalue weighted by molar-refractivity contribution is 5.81. The van der Waals surface area contributed by atoms with Gasteiger partial charge in [-0.3, -0.25) is 9.69 Å². The van der Waals surface area contributed by atoms with Crippen LogP contribution in [0.4, 0.5) is 0 Å². The van der Waals surface area contributed by atoms with Gasteiger partial charge in [-0.2, -0.15) is 0 Å². The second-order valence-corrected chi connectivity index (χ2v) is 6.86. The van der Waals surface area contributed by atoms with Gasteiger partial charge in [0, 0.05) is 32.7 Å². The smallest absolute Gasteiger partial charge is 0.263 e. The third-order valence-electron chi connectivity index (χ3n) is 4.93. The molecule has 142 valence electrons. The molecule has 0 unspecified atom stereocenters. The summed E-state index contributed by atoms with van der Waals surface area (Å²) in [7, 11) is 0. The highest BCUT2D eigenvalue weighted by Crippen LogP contribution is 2.32. The van der Waals surface area contributed by atoms with Crippen molar-refractivity contribution in [2.24, 2.45) is 0 Å². The first-order valence-corrected chi connectivity index (χ1v) is 9.30. The Morgan fingerprint density at radius 3 is 2.56 bits per heavy atom. The van der Waals surface area contributed by atoms with E-state index in [2.05, 4.69) is 11.0 Å². The maximum Gasteiger partial charge on any atom is 0.263 e. The maximum atomic E-state index is 12.6. The van der Waals surface area contributed by atoms with Gasteiger partial charge in [-0.1, -0.05) is 24.3 Å². The van der Waals surface area contributed by atoms with Crippen molar-refractivity contribution in [3.63, 3.8) is 0 Å². The van der Waals surface area contributed by atoms with Gasteiger partial charge in [-0.05, 0) is 36.8 Å². The van der Waals surface area contributed by atoms with Crippen molar-refractivity contribution in [2.75, 3.05) is 33.0 Å². The SMILES string of the molecule is C[C@@H](Oc1ccccc1)C(=O)N1CCN(Cc2ccc3c(c2)OCO3)CC1. The molecule has 4 rings (SSSR count). The largest absolute Gasteiger partial charge is 0.481 e. The van der Waals surface area contributed by atoms with Crippen molar-refractivity contribution in [3.8, 4) is 17.2 Å². The van der Waals surface area contributed by atoms with Gasteiger partial charge < -0.3 is 19.1 Å². The van der Waals surface area contributed by atoms with Gasteiger partial charge in [0.25, 0.3) is 5.91 Å². The first-order valence-electron chi connectivity index (χ1n) is 9.30. The number of benzene rings is 2. The zero-order valence-corrected chi connectivity index (χ0v) is 15.5. The number of fused-ring (bicyclic) bond motifs is 1. The van der Waals surface area contributed by atoms with E-state index < -0.39 is 6.10 Å². The van der Waals surface area contributed by atoms with E-state index in [4.69, 9.17) is 14.2 Å². The van der Waals surface area contributed by atoms with Gasteiger partial charge >= 0.3 is 0 Å². The number of carbonyl (C=O) groups is 1. The molecule has 6 nitrogen and oxygen atoms in total. The van der Waals surface area contributed by atoms with Gasteiger partial charge in [-0.25, -0.2) is 0 Å². The molecule has 0 bridgehead atoms. The quantitative estimate of drug-likeness (QED) is 0.812. The van der Waals surface area contributed by atoms with E-state index >= 15 is 0 Å². The Bertz CT molecular complexity index is 788. The fourth-order valence-electron chi connectivity index (χ4n) is 3.43. The average Bonchev–Trinajstić information content (AvgIpc) is 3.16. The Labute approximate surface area is 159 Å². The lowest BCUT2D eigenvalue weighted by Gasteiger charge is -2.35. The Hall–Kier alpha value is -2.73. The first-order chi connectivity index (χ1) is 13.2. The van der Waals surface area contributed by atoms with Crippen LogP contribution in [0.2, 0.25) is 0 Å². The second-order valence-electron chi connectivity index (χ2n) is 6.86. The molecule has 6 heteroatoms. The summed E-state index contributed by atoms with van der Waals surface area (Å²) >= 11 is 0. The second kappa shape index (κ2) is 7.88. The van der Waals surface area contributed by atoms with E-state index in [9.17, 15) is 4.79 Å². The lowest BCUT2D eigenvalue weighted by Crippen LogP contribution is -2.51. The number of hydrogen-bond donors (Lipinski definition) is 0. The third-order valence-corrected chi connectivity index (χ3v) is 4.93. The number of ether oxygens (including phenoxy) is 3. The van der Waals surface area contributed by atoms with Gasteiger partial charge in [0.15, 0.2) is 17.6 Å². The lowest BCUT2D eigenvalue weighted by molar-refractivity contribution is -0.139. The van der Waals surface area contributed by atoms with Crippen molar-refractivity contribution in [1.29, 1.82) is 0 Å². The van der Waals surface area contributed by atoms with Crippen LogP contribution in [0.1, 0.15) is 12.5 Å². The molecule has 0 saturated carbocycles. The minimum absolute atomic E-state index is 0.0431. The molecule has 1 fully saturated rings. The van der Waals surface area contributed by atoms with Crippen LogP contribution >= 0.6 is 0 Å². The Kier molecular flexibility index (Phi) is 5.16. The van der Waals surface area contributed by atoms with Crippen LogP contribution in [-0.4, -0.2) is 54.8 Å². The molecule has 0 aromatic heterocycles. The summed E-state index contributed by atoms with van der Waals surface area (Å²) in [4.78, 5) is 16.9. The highest BCUT2D eigenvalue weighted by Gasteiger charge is 2.26. The van der Waals surface area contributed by atoms with Crippen LogP contribution in [0, 0.1) is 0 Å². The molecule has 0 spiro atoms. The molecule has 1 atom stereocenters. The first kappa shape index (κ1) is 17.7. The van der Waals surface area contributed by atoms with Crippen LogP contribution < -0.4 is 14.2 Å². The third kappa shape index (κ3) is 4.17. The number of amides is 1. The summed E-state index contributed by atoms with van der Waals surface area (Å²) in [6.45, 7) is 6.07. The molecule has 2 aliphatic rings. The van der Waals surface area contributed by atoms with Crippen LogP contribution in [0.3, 0.4) is 0 Å². The number of piperazine rings is 1. The van der Waals surface area contributed by atoms with Gasteiger partial charge in [-0.15, -0.1) is 0 Å². The van der Waals surface area contributed by atoms with Crippen molar-refractivity contribution in [1.82, 2.24) is 9.80 Å². The summed E-state index contributed by atoms with van der Waals surface area (Å²) < 4.78 is 16.6. The fourth-order valence-corrected chi connectivity index (χ4v) is 3.43. The number of hydrogen-bond acceptors (Lipinski definition) is 5. The molecule has 2 heterocycles. The summed E-state index contributed by atoms with van der Waals surface area (Å²) in [6, 6.07) is 15.5. The van der Waals surface area contributed by atoms with Crippen LogP contribution in [-0.2, 0) is 11.3 Å². The summed E-state index contributed by atoms with van der Waals surface area (Å²) in [5, 5.41) is 0. The molecule has 0 N–H and O–H groups in total. The van der Waals surface area contributed by atoms with E-state index in [1.807, 2.05) is 54.3 Å². The number of para-hydroxylation sites is 1. The molecule has 0 aliphatic carbocycles. The molecule has 1 saturated heterocycles. The van der Waals surface area contributed by atoms with E-state index in [-0.39, 0.29) is 5.91 Å². The zero-order valence-electron chi connectivity index (χ0n) is 15.5. The average molecular weight is 368 g/mol. The van der Waals surface area contributed by atoms with Crippen LogP contribution in [0.5, 0.6) is 17.2 Å². The number of nitrogens with zero attached hydrogens (tertiary/aromatic N) is 2. The predicted octanol–water partition coefficient (Wildman–Crippen LogP) is 2.53. The number of rotatable bonds is 5. The Morgan fingerprint density at radius 1 is 1.04 bits per heavy atom. The molecular weight excluding hydrogens is 344 g/mol. The Balaban J connectivity index is 1.27. The zero-order chi connectivity index (χ0) is 18.6. The number of carbonyl (C=O) groups excluding carboxylic acids is 1. The van der Waals surface area contributed by atoms with E-state index in [0.717, 1.165) is 36.9 Å². The summed E-state index contributed by atoms with van der Waals surface area (Å²) in [5.41, 5.74) is 1.19. The minimum Gasteiger partial charge on any atom is -0.481 e. The van der Waals surface area contributed by atoms with Crippen LogP contribution in [0.15, 0.2) is 48.5 Å². The molecule has 2 aromatic rings. The topological polar surface area (TPSA) is 51.2 Å². The van der Waals surface area contributed by atoms with E-state index in [1.165, 1.54) is 5.56 Å². The molecule has 1 amide bonds. The molecule has 2 aliphatic heterocycles. The minimum atomic E-state index is -0.479. The van der Waals surface area contributed by atoms with Gasteiger partial charge in [0.1, 0.15) is 5.75 Å². The monoisotopic (exact) mass is 368 g/mol. The normalized spacial score (nSPS) is 17.6. The van der Waals surface area contributed by atoms with Crippen molar-refractivity contribution >= 4 is 5.91 Å². The highest BCUT2D eigenvalue weighted by atomic mass is 16.7. The molecule has 2 aromatic carbocycles. The lowest BCUT2D eigenvalue weighted by atomic mass is 10.1. The molecular formula is C21H24N2O4. The Morgan fingerprint density at radius 2 is 1.78 bits per heavy atom. The predicted molar refractivity (Wildman–Crippen MR) is 101 cm³/mol. The molecule has 0 radical (unpaired) electrons. The summed E-state index contributed by atoms with van der Waals surface area (Å²) in [6.07, 6.45) is -0.479. The maximum absolute atomic E-state index is 12.6. The van der Waals surface area contributed by atoms with Crippen molar-refractivity contribution in [3.05, 3.63) is 54.1 Å². The van der Waals surface area contributed by atoms with Gasteiger partial charge in [0.2, 0.25) is 6.79 Å². The van der Waals surface area contributed by atoms with E-state index in [0.29, 0.717) is 19.9 Å². The van der Waals surface area contributed by atoms with E-state index in [1.54, 1.807) is 0 Å².